The van der Waals surface area contributed by atoms with Gasteiger partial charge in [0.15, 0.2) is 0 Å². The van der Waals surface area contributed by atoms with Gasteiger partial charge in [-0.3, -0.25) is 9.59 Å². The van der Waals surface area contributed by atoms with E-state index in [0.717, 1.165) is 62.8 Å². The molecule has 240 valence electrons. The smallest absolute Gasteiger partial charge is 0.303 e. The van der Waals surface area contributed by atoms with Crippen LogP contribution in [0.4, 0.5) is 0 Å². The van der Waals surface area contributed by atoms with Crippen LogP contribution in [0, 0.1) is 0 Å². The minimum atomic E-state index is -1.02. The fourth-order valence-corrected chi connectivity index (χ4v) is 5.71. The number of quaternary nitrogens is 1. The van der Waals surface area contributed by atoms with E-state index < -0.39 is 17.9 Å². The van der Waals surface area contributed by atoms with Crippen molar-refractivity contribution in [3.8, 4) is 0 Å². The van der Waals surface area contributed by atoms with Gasteiger partial charge in [-0.05, 0) is 83.5 Å². The second-order valence-electron chi connectivity index (χ2n) is 12.1. The van der Waals surface area contributed by atoms with E-state index in [1.807, 2.05) is 0 Å². The van der Waals surface area contributed by atoms with Crippen molar-refractivity contribution in [1.82, 2.24) is 0 Å². The molecule has 0 aliphatic heterocycles. The van der Waals surface area contributed by atoms with E-state index in [-0.39, 0.29) is 19.3 Å². The third kappa shape index (κ3) is 28.0. The van der Waals surface area contributed by atoms with Crippen molar-refractivity contribution in [2.45, 2.75) is 161 Å². The molecule has 0 fully saturated rings. The number of hydrogen-bond acceptors (Lipinski definition) is 4. The van der Waals surface area contributed by atoms with Gasteiger partial charge in [0.05, 0.1) is 26.2 Å². The maximum absolute atomic E-state index is 11.0. The Hall–Kier alpha value is -1.89. The summed E-state index contributed by atoms with van der Waals surface area (Å²) in [5.41, 5.74) is 0. The Balaban J connectivity index is 4.42. The average molecular weight is 582 g/mol. The molecule has 0 amide bonds. The van der Waals surface area contributed by atoms with Gasteiger partial charge >= 0.3 is 11.9 Å². The first kappa shape index (κ1) is 39.1. The first-order valence-electron chi connectivity index (χ1n) is 16.9. The molecule has 0 aromatic heterocycles. The number of hydrogen-bond donors (Lipinski definition) is 2. The molecular weight excluding hydrogens is 518 g/mol. The van der Waals surface area contributed by atoms with Crippen LogP contribution in [0.5, 0.6) is 0 Å². The first-order valence-corrected chi connectivity index (χ1v) is 16.9. The largest absolute Gasteiger partial charge is 0.550 e. The van der Waals surface area contributed by atoms with Crippen molar-refractivity contribution in [1.29, 1.82) is 0 Å². The Morgan fingerprint density at radius 3 is 1.24 bits per heavy atom. The van der Waals surface area contributed by atoms with Crippen molar-refractivity contribution < 1.29 is 34.2 Å². The highest BCUT2D eigenvalue weighted by atomic mass is 16.4. The van der Waals surface area contributed by atoms with E-state index in [2.05, 4.69) is 19.1 Å². The molecule has 7 nitrogen and oxygen atoms in total. The maximum atomic E-state index is 11.0. The molecule has 7 heteroatoms. The van der Waals surface area contributed by atoms with Gasteiger partial charge in [0.2, 0.25) is 0 Å². The van der Waals surface area contributed by atoms with Gasteiger partial charge in [-0.25, -0.2) is 0 Å². The van der Waals surface area contributed by atoms with Gasteiger partial charge in [0, 0.05) is 18.8 Å². The zero-order valence-electron chi connectivity index (χ0n) is 26.4. The van der Waals surface area contributed by atoms with E-state index >= 15 is 0 Å². The number of aliphatic carboxylic acids is 3. The van der Waals surface area contributed by atoms with Crippen LogP contribution in [0.25, 0.3) is 0 Å². The van der Waals surface area contributed by atoms with Crippen LogP contribution in [0.1, 0.15) is 161 Å². The zero-order valence-corrected chi connectivity index (χ0v) is 26.4. The third-order valence-electron chi connectivity index (χ3n) is 8.20. The Kier molecular flexibility index (Phi) is 26.9. The van der Waals surface area contributed by atoms with Crippen LogP contribution in [-0.2, 0) is 14.4 Å². The summed E-state index contributed by atoms with van der Waals surface area (Å²) in [6, 6.07) is 0. The summed E-state index contributed by atoms with van der Waals surface area (Å²) in [6.07, 6.45) is 28.5. The van der Waals surface area contributed by atoms with Crippen molar-refractivity contribution in [3.05, 3.63) is 12.2 Å². The Morgan fingerprint density at radius 2 is 0.854 bits per heavy atom. The van der Waals surface area contributed by atoms with Crippen LogP contribution in [0.2, 0.25) is 0 Å². The van der Waals surface area contributed by atoms with Gasteiger partial charge in [-0.15, -0.1) is 0 Å². The van der Waals surface area contributed by atoms with E-state index in [4.69, 9.17) is 10.2 Å². The van der Waals surface area contributed by atoms with Crippen LogP contribution in [-0.4, -0.2) is 58.8 Å². The minimum absolute atomic E-state index is 0.0618. The lowest BCUT2D eigenvalue weighted by atomic mass is 10.1. The van der Waals surface area contributed by atoms with Crippen LogP contribution in [0.15, 0.2) is 12.2 Å². The number of carboxylic acids is 3. The summed E-state index contributed by atoms with van der Waals surface area (Å²) in [5, 5.41) is 29.0. The predicted molar refractivity (Wildman–Crippen MR) is 166 cm³/mol. The summed E-state index contributed by atoms with van der Waals surface area (Å²) in [5.74, 6) is -2.57. The second kappa shape index (κ2) is 28.2. The molecule has 2 N–H and O–H groups in total. The molecule has 0 spiro atoms. The highest BCUT2D eigenvalue weighted by Gasteiger charge is 2.26. The van der Waals surface area contributed by atoms with E-state index in [1.165, 1.54) is 83.5 Å². The molecule has 0 unspecified atom stereocenters. The molecule has 0 heterocycles. The Morgan fingerprint density at radius 1 is 0.512 bits per heavy atom. The Bertz CT molecular complexity index is 623. The SMILES string of the molecule is CCCCCCCCC/C=C/CCCCCCCC[N+](CCCCC(=O)[O-])(CCCCC(=O)O)CCCCC(=O)O. The summed E-state index contributed by atoms with van der Waals surface area (Å²) >= 11 is 0. The number of carbonyl (C=O) groups is 3. The van der Waals surface area contributed by atoms with Crippen molar-refractivity contribution in [3.63, 3.8) is 0 Å². The fourth-order valence-electron chi connectivity index (χ4n) is 5.71. The van der Waals surface area contributed by atoms with Gasteiger partial charge in [-0.2, -0.15) is 0 Å². The topological polar surface area (TPSA) is 115 Å². The lowest BCUT2D eigenvalue weighted by Crippen LogP contribution is -2.51. The molecule has 0 saturated carbocycles. The molecule has 0 radical (unpaired) electrons. The zero-order chi connectivity index (χ0) is 30.4. The molecule has 0 aliphatic rings. The first-order chi connectivity index (χ1) is 19.8. The van der Waals surface area contributed by atoms with Crippen LogP contribution in [0.3, 0.4) is 0 Å². The van der Waals surface area contributed by atoms with E-state index in [1.54, 1.807) is 0 Å². The maximum Gasteiger partial charge on any atom is 0.303 e. The van der Waals surface area contributed by atoms with Gasteiger partial charge in [0.25, 0.3) is 0 Å². The molecule has 0 rings (SSSR count). The summed E-state index contributed by atoms with van der Waals surface area (Å²) in [6.45, 7) is 5.86. The standard InChI is InChI=1S/C34H63NO6/c1-2-3-4-5-6-7-8-9-10-11-12-13-14-15-16-17-21-28-35(29-22-18-25-32(36)37,30-23-19-26-33(38)39)31-24-20-27-34(40)41/h10-11H,2-9,12-31H2,1H3,(H2-,36,37,38,39,40,41)/b11-10+. The number of rotatable bonds is 32. The van der Waals surface area contributed by atoms with Crippen molar-refractivity contribution in [2.75, 3.05) is 26.2 Å². The fraction of sp³-hybridized carbons (Fsp3) is 0.853. The third-order valence-corrected chi connectivity index (χ3v) is 8.20. The number of unbranched alkanes of at least 4 members (excludes halogenated alkanes) is 16. The highest BCUT2D eigenvalue weighted by Crippen LogP contribution is 2.19. The number of nitrogens with zero attached hydrogens (tertiary/aromatic N) is 1. The van der Waals surface area contributed by atoms with Gasteiger partial charge in [0.1, 0.15) is 0 Å². The normalized spacial score (nSPS) is 11.8. The van der Waals surface area contributed by atoms with E-state index in [0.29, 0.717) is 19.3 Å². The highest BCUT2D eigenvalue weighted by molar-refractivity contribution is 5.66. The lowest BCUT2D eigenvalue weighted by molar-refractivity contribution is -0.929. The average Bonchev–Trinajstić information content (AvgIpc) is 2.93. The molecule has 0 aromatic carbocycles. The van der Waals surface area contributed by atoms with Gasteiger partial charge < -0.3 is 24.6 Å². The minimum Gasteiger partial charge on any atom is -0.550 e. The van der Waals surface area contributed by atoms with Crippen LogP contribution >= 0.6 is 0 Å². The summed E-state index contributed by atoms with van der Waals surface area (Å²) in [4.78, 5) is 32.9. The molecular formula is C34H63NO6. The molecule has 0 bridgehead atoms. The summed E-state index contributed by atoms with van der Waals surface area (Å²) in [7, 11) is 0. The molecule has 0 aromatic rings. The lowest BCUT2D eigenvalue weighted by Gasteiger charge is -2.39. The molecule has 0 atom stereocenters. The molecule has 0 aliphatic carbocycles. The quantitative estimate of drug-likeness (QED) is 0.0479. The van der Waals surface area contributed by atoms with Crippen molar-refractivity contribution in [2.24, 2.45) is 0 Å². The molecule has 0 saturated heterocycles. The predicted octanol–water partition coefficient (Wildman–Crippen LogP) is 7.66. The number of carbonyl (C=O) groups excluding carboxylic acids is 1. The van der Waals surface area contributed by atoms with Crippen molar-refractivity contribution >= 4 is 17.9 Å². The second-order valence-corrected chi connectivity index (χ2v) is 12.1. The van der Waals surface area contributed by atoms with Crippen LogP contribution < -0.4 is 5.11 Å². The Labute approximate surface area is 251 Å². The number of carboxylic acid groups (broad SMARTS) is 3. The monoisotopic (exact) mass is 581 g/mol. The molecule has 41 heavy (non-hydrogen) atoms. The van der Waals surface area contributed by atoms with Gasteiger partial charge in [-0.1, -0.05) is 76.9 Å². The van der Waals surface area contributed by atoms with E-state index in [9.17, 15) is 19.5 Å². The summed E-state index contributed by atoms with van der Waals surface area (Å²) < 4.78 is 0.843. The number of allylic oxidation sites excluding steroid dienone is 2.